The van der Waals surface area contributed by atoms with Crippen LogP contribution in [-0.4, -0.2) is 23.5 Å². The van der Waals surface area contributed by atoms with Crippen molar-refractivity contribution in [1.29, 1.82) is 0 Å². The van der Waals surface area contributed by atoms with Crippen LogP contribution in [0.15, 0.2) is 12.3 Å². The maximum absolute atomic E-state index is 12.9. The summed E-state index contributed by atoms with van der Waals surface area (Å²) in [6.07, 6.45) is 7.57. The van der Waals surface area contributed by atoms with Crippen LogP contribution in [0.3, 0.4) is 0 Å². The van der Waals surface area contributed by atoms with Crippen LogP contribution in [0.4, 0.5) is 5.82 Å². The summed E-state index contributed by atoms with van der Waals surface area (Å²) < 4.78 is 5.65. The fourth-order valence-corrected chi connectivity index (χ4v) is 2.93. The number of ether oxygens (including phenoxy) is 1. The number of nitrogen functional groups attached to an aromatic ring is 1. The fourth-order valence-electron chi connectivity index (χ4n) is 2.93. The summed E-state index contributed by atoms with van der Waals surface area (Å²) in [6.45, 7) is 1.89. The molecule has 0 radical (unpaired) electrons. The van der Waals surface area contributed by atoms with Gasteiger partial charge in [0, 0.05) is 13.3 Å². The van der Waals surface area contributed by atoms with E-state index in [-0.39, 0.29) is 5.78 Å². The maximum atomic E-state index is 12.9. The minimum Gasteiger partial charge on any atom is -0.383 e. The fraction of sp³-hybridized carbons (Fsp3) is 0.600. The molecule has 2 rings (SSSR count). The number of carbonyl (C=O) groups is 1. The van der Waals surface area contributed by atoms with Crippen molar-refractivity contribution < 1.29 is 9.53 Å². The standard InChI is InChI=1S/C15H22N2O2/c1-11-7-10-17-14(16)12(11)13(18)15(19-2)8-5-3-4-6-9-15/h7,10H,3-6,8-9H2,1-2H3,(H2,16,17). The highest BCUT2D eigenvalue weighted by molar-refractivity contribution is 6.06. The maximum Gasteiger partial charge on any atom is 0.198 e. The van der Waals surface area contributed by atoms with Crippen molar-refractivity contribution in [3.8, 4) is 0 Å². The van der Waals surface area contributed by atoms with Gasteiger partial charge >= 0.3 is 0 Å². The van der Waals surface area contributed by atoms with Crippen molar-refractivity contribution in [1.82, 2.24) is 4.98 Å². The number of nitrogens with zero attached hydrogens (tertiary/aromatic N) is 1. The molecule has 1 aliphatic rings. The first-order valence-electron chi connectivity index (χ1n) is 6.92. The van der Waals surface area contributed by atoms with E-state index >= 15 is 0 Å². The normalized spacial score (nSPS) is 18.8. The molecule has 19 heavy (non-hydrogen) atoms. The topological polar surface area (TPSA) is 65.2 Å². The van der Waals surface area contributed by atoms with E-state index in [4.69, 9.17) is 10.5 Å². The summed E-state index contributed by atoms with van der Waals surface area (Å²) in [6, 6.07) is 1.82. The van der Waals surface area contributed by atoms with Gasteiger partial charge in [-0.05, 0) is 31.4 Å². The van der Waals surface area contributed by atoms with Crippen LogP contribution < -0.4 is 5.73 Å². The van der Waals surface area contributed by atoms with Crippen LogP contribution in [0.5, 0.6) is 0 Å². The highest BCUT2D eigenvalue weighted by Crippen LogP contribution is 2.34. The second-order valence-electron chi connectivity index (χ2n) is 5.33. The number of methoxy groups -OCH3 is 1. The number of hydrogen-bond acceptors (Lipinski definition) is 4. The summed E-state index contributed by atoms with van der Waals surface area (Å²) in [4.78, 5) is 16.9. The van der Waals surface area contributed by atoms with Crippen LogP contribution in [0.1, 0.15) is 54.4 Å². The van der Waals surface area contributed by atoms with Crippen molar-refractivity contribution in [2.24, 2.45) is 0 Å². The first-order valence-corrected chi connectivity index (χ1v) is 6.92. The Bertz CT molecular complexity index is 443. The summed E-state index contributed by atoms with van der Waals surface area (Å²) >= 11 is 0. The number of rotatable bonds is 3. The van der Waals surface area contributed by atoms with Gasteiger partial charge in [0.1, 0.15) is 11.4 Å². The molecule has 0 unspecified atom stereocenters. The van der Waals surface area contributed by atoms with Crippen molar-refractivity contribution in [3.05, 3.63) is 23.4 Å². The molecule has 0 aliphatic heterocycles. The van der Waals surface area contributed by atoms with E-state index in [0.717, 1.165) is 31.2 Å². The molecule has 0 bridgehead atoms. The Morgan fingerprint density at radius 3 is 2.47 bits per heavy atom. The molecule has 0 spiro atoms. The lowest BCUT2D eigenvalue weighted by Crippen LogP contribution is -2.41. The van der Waals surface area contributed by atoms with Crippen LogP contribution >= 0.6 is 0 Å². The van der Waals surface area contributed by atoms with Crippen LogP contribution in [0.25, 0.3) is 0 Å². The highest BCUT2D eigenvalue weighted by Gasteiger charge is 2.40. The Kier molecular flexibility index (Phi) is 4.20. The molecule has 1 fully saturated rings. The number of aromatic nitrogens is 1. The zero-order chi connectivity index (χ0) is 13.9. The van der Waals surface area contributed by atoms with Crippen molar-refractivity contribution in [3.63, 3.8) is 0 Å². The van der Waals surface area contributed by atoms with Gasteiger partial charge in [0.2, 0.25) is 0 Å². The molecule has 1 aliphatic carbocycles. The summed E-state index contributed by atoms with van der Waals surface area (Å²) in [7, 11) is 1.63. The minimum absolute atomic E-state index is 0.000000000000000444. The van der Waals surface area contributed by atoms with Gasteiger partial charge in [-0.2, -0.15) is 0 Å². The number of carbonyl (C=O) groups excluding carboxylic acids is 1. The average Bonchev–Trinajstić information content (AvgIpc) is 2.64. The SMILES string of the molecule is COC1(C(=O)c2c(C)ccnc2N)CCCCCC1. The van der Waals surface area contributed by atoms with Crippen molar-refractivity contribution in [2.45, 2.75) is 51.0 Å². The molecule has 0 atom stereocenters. The smallest absolute Gasteiger partial charge is 0.198 e. The average molecular weight is 262 g/mol. The van der Waals surface area contributed by atoms with Gasteiger partial charge in [0.05, 0.1) is 5.56 Å². The third-order valence-electron chi connectivity index (χ3n) is 4.13. The molecule has 4 nitrogen and oxygen atoms in total. The number of aryl methyl sites for hydroxylation is 1. The quantitative estimate of drug-likeness (QED) is 0.672. The Morgan fingerprint density at radius 2 is 1.95 bits per heavy atom. The number of hydrogen-bond donors (Lipinski definition) is 1. The molecule has 0 saturated heterocycles. The third kappa shape index (κ3) is 2.63. The zero-order valence-corrected chi connectivity index (χ0v) is 11.7. The molecular weight excluding hydrogens is 240 g/mol. The minimum atomic E-state index is -0.710. The molecule has 104 valence electrons. The molecule has 1 saturated carbocycles. The predicted molar refractivity (Wildman–Crippen MR) is 75.2 cm³/mol. The first kappa shape index (κ1) is 14.0. The molecule has 1 aromatic heterocycles. The van der Waals surface area contributed by atoms with Gasteiger partial charge in [-0.15, -0.1) is 0 Å². The number of Topliss-reactive ketones (excluding diaryl/α,β-unsaturated/α-hetero) is 1. The molecule has 1 heterocycles. The Labute approximate surface area is 114 Å². The Morgan fingerprint density at radius 1 is 1.32 bits per heavy atom. The number of nitrogens with two attached hydrogens (primary N) is 1. The van der Waals surface area contributed by atoms with Gasteiger partial charge in [-0.25, -0.2) is 4.98 Å². The second kappa shape index (κ2) is 5.70. The van der Waals surface area contributed by atoms with E-state index in [0.29, 0.717) is 11.4 Å². The van der Waals surface area contributed by atoms with E-state index in [1.165, 1.54) is 12.8 Å². The van der Waals surface area contributed by atoms with E-state index < -0.39 is 5.60 Å². The van der Waals surface area contributed by atoms with Crippen LogP contribution in [-0.2, 0) is 4.74 Å². The molecule has 0 aromatic carbocycles. The molecule has 2 N–H and O–H groups in total. The van der Waals surface area contributed by atoms with Crippen molar-refractivity contribution in [2.75, 3.05) is 12.8 Å². The highest BCUT2D eigenvalue weighted by atomic mass is 16.5. The van der Waals surface area contributed by atoms with Crippen LogP contribution in [0, 0.1) is 6.92 Å². The van der Waals surface area contributed by atoms with Gasteiger partial charge in [0.15, 0.2) is 5.78 Å². The van der Waals surface area contributed by atoms with E-state index in [1.54, 1.807) is 13.3 Å². The van der Waals surface area contributed by atoms with Crippen LogP contribution in [0.2, 0.25) is 0 Å². The summed E-state index contributed by atoms with van der Waals surface area (Å²) in [5, 5.41) is 0. The molecule has 4 heteroatoms. The lowest BCUT2D eigenvalue weighted by atomic mass is 9.84. The summed E-state index contributed by atoms with van der Waals surface area (Å²) in [5.41, 5.74) is 6.59. The number of ketones is 1. The van der Waals surface area contributed by atoms with E-state index in [2.05, 4.69) is 4.98 Å². The molecule has 1 aromatic rings. The Hall–Kier alpha value is -1.42. The van der Waals surface area contributed by atoms with Gasteiger partial charge < -0.3 is 10.5 Å². The first-order chi connectivity index (χ1) is 9.10. The predicted octanol–water partition coefficient (Wildman–Crippen LogP) is 2.89. The Balaban J connectivity index is 2.40. The van der Waals surface area contributed by atoms with Gasteiger partial charge in [-0.1, -0.05) is 25.7 Å². The van der Waals surface area contributed by atoms with E-state index in [1.807, 2.05) is 13.0 Å². The van der Waals surface area contributed by atoms with E-state index in [9.17, 15) is 4.79 Å². The molecule has 0 amide bonds. The number of anilines is 1. The van der Waals surface area contributed by atoms with Crippen molar-refractivity contribution >= 4 is 11.6 Å². The lowest BCUT2D eigenvalue weighted by molar-refractivity contribution is -0.00692. The molecular formula is C15H22N2O2. The number of pyridine rings is 1. The third-order valence-corrected chi connectivity index (χ3v) is 4.13. The van der Waals surface area contributed by atoms with Gasteiger partial charge in [0.25, 0.3) is 0 Å². The second-order valence-corrected chi connectivity index (χ2v) is 5.33. The largest absolute Gasteiger partial charge is 0.383 e. The lowest BCUT2D eigenvalue weighted by Gasteiger charge is -2.30. The monoisotopic (exact) mass is 262 g/mol. The summed E-state index contributed by atoms with van der Waals surface area (Å²) in [5.74, 6) is 0.311. The van der Waals surface area contributed by atoms with Gasteiger partial charge in [-0.3, -0.25) is 4.79 Å². The zero-order valence-electron chi connectivity index (χ0n) is 11.7.